The van der Waals surface area contributed by atoms with Crippen LogP contribution in [0.4, 0.5) is 30.4 Å². The molecule has 11 heteroatoms. The summed E-state index contributed by atoms with van der Waals surface area (Å²) in [5.74, 6) is 6.14. The number of aryl methyl sites for hydroxylation is 1. The van der Waals surface area contributed by atoms with Gasteiger partial charge in [-0.15, -0.1) is 10.2 Å². The summed E-state index contributed by atoms with van der Waals surface area (Å²) in [4.78, 5) is 13.0. The van der Waals surface area contributed by atoms with E-state index in [-0.39, 0.29) is 11.3 Å². The Morgan fingerprint density at radius 3 is 2.53 bits per heavy atom. The van der Waals surface area contributed by atoms with E-state index in [0.29, 0.717) is 28.8 Å². The molecule has 5 rings (SSSR count). The first-order valence-electron chi connectivity index (χ1n) is 11.7. The lowest BCUT2D eigenvalue weighted by Gasteiger charge is -2.16. The van der Waals surface area contributed by atoms with Crippen LogP contribution in [0.2, 0.25) is 0 Å². The number of hydrogen-bond acceptors (Lipinski definition) is 6. The number of rotatable bonds is 5. The highest BCUT2D eigenvalue weighted by Gasteiger charge is 2.32. The summed E-state index contributed by atoms with van der Waals surface area (Å²) < 4.78 is 46.8. The van der Waals surface area contributed by atoms with Crippen molar-refractivity contribution < 1.29 is 18.0 Å². The molecule has 0 radical (unpaired) electrons. The van der Waals surface area contributed by atoms with Gasteiger partial charge in [-0.2, -0.15) is 13.2 Å². The fourth-order valence-corrected chi connectivity index (χ4v) is 5.29. The first-order chi connectivity index (χ1) is 18.1. The number of nitrogens with one attached hydrogen (secondary N) is 2. The van der Waals surface area contributed by atoms with Gasteiger partial charge in [0.1, 0.15) is 32.8 Å². The normalized spacial score (nSPS) is 14.8. The summed E-state index contributed by atoms with van der Waals surface area (Å²) in [7, 11) is 0. The van der Waals surface area contributed by atoms with Gasteiger partial charge in [-0.3, -0.25) is 7.91 Å². The minimum Gasteiger partial charge on any atom is -0.366 e. The number of alkyl halides is 3. The van der Waals surface area contributed by atoms with Crippen LogP contribution in [0.15, 0.2) is 63.6 Å². The number of anilines is 3. The fraction of sp³-hybridized carbons (Fsp3) is 0.222. The van der Waals surface area contributed by atoms with E-state index in [1.807, 2.05) is 13.0 Å². The second kappa shape index (κ2) is 10.5. The molecule has 2 N–H and O–H groups in total. The Bertz CT molecular complexity index is 1520. The van der Waals surface area contributed by atoms with Gasteiger partial charge in [0, 0.05) is 29.1 Å². The average Bonchev–Trinajstić information content (AvgIpc) is 3.59. The molecule has 1 aliphatic heterocycles. The molecule has 1 aliphatic carbocycles. The average molecular weight is 630 g/mol. The number of benzene rings is 2. The highest BCUT2D eigenvalue weighted by molar-refractivity contribution is 14.2. The lowest BCUT2D eigenvalue weighted by molar-refractivity contribution is -0.137. The molecule has 0 saturated heterocycles. The number of hydrogen-bond donors (Lipinski definition) is 2. The molecule has 38 heavy (non-hydrogen) atoms. The van der Waals surface area contributed by atoms with E-state index < -0.39 is 39.0 Å². The molecule has 0 bridgehead atoms. The van der Waals surface area contributed by atoms with Gasteiger partial charge in [0.05, 0.1) is 16.9 Å². The van der Waals surface area contributed by atoms with Crippen molar-refractivity contribution in [3.8, 4) is 11.8 Å². The zero-order valence-corrected chi connectivity index (χ0v) is 22.6. The van der Waals surface area contributed by atoms with Gasteiger partial charge in [-0.05, 0) is 80.6 Å². The zero-order valence-electron chi connectivity index (χ0n) is 20.4. The number of nitrogens with zero attached hydrogens (tertiary/aromatic N) is 4. The smallest absolute Gasteiger partial charge is 0.366 e. The lowest BCUT2D eigenvalue weighted by atomic mass is 10.0. The fourth-order valence-electron chi connectivity index (χ4n) is 3.54. The zero-order chi connectivity index (χ0) is 26.9. The summed E-state index contributed by atoms with van der Waals surface area (Å²) in [6, 6.07) is 12.5. The Morgan fingerprint density at radius 2 is 1.87 bits per heavy atom. The molecule has 1 saturated carbocycles. The Kier molecular flexibility index (Phi) is 7.16. The Balaban J connectivity index is 1.36. The molecule has 2 aromatic carbocycles. The van der Waals surface area contributed by atoms with Gasteiger partial charge in [0.2, 0.25) is 0 Å². The van der Waals surface area contributed by atoms with Crippen LogP contribution in [0.5, 0.6) is 0 Å². The quantitative estimate of drug-likeness (QED) is 0.185. The van der Waals surface area contributed by atoms with E-state index in [1.54, 1.807) is 40.5 Å². The molecule has 7 nitrogen and oxygen atoms in total. The topological polar surface area (TPSA) is 82.5 Å². The van der Waals surface area contributed by atoms with E-state index in [4.69, 9.17) is 0 Å². The highest BCUT2D eigenvalue weighted by Crippen LogP contribution is 2.38. The maximum Gasteiger partial charge on any atom is 0.416 e. The van der Waals surface area contributed by atoms with Crippen molar-refractivity contribution in [3.63, 3.8) is 0 Å². The summed E-state index contributed by atoms with van der Waals surface area (Å²) >= 11 is -0.849. The van der Waals surface area contributed by atoms with E-state index in [9.17, 15) is 18.0 Å². The van der Waals surface area contributed by atoms with Gasteiger partial charge < -0.3 is 10.6 Å². The highest BCUT2D eigenvalue weighted by atomic mass is 127. The third-order valence-electron chi connectivity index (χ3n) is 5.72. The van der Waals surface area contributed by atoms with Crippen LogP contribution < -0.4 is 13.7 Å². The number of carbonyl (C=O) groups is 1. The van der Waals surface area contributed by atoms with Crippen molar-refractivity contribution >= 4 is 44.4 Å². The molecule has 1 amide bonds. The molecule has 3 aromatic rings. The van der Waals surface area contributed by atoms with E-state index in [2.05, 4.69) is 35.8 Å². The summed E-state index contributed by atoms with van der Waals surface area (Å²) in [6.07, 6.45) is -0.589. The minimum atomic E-state index is -4.56. The second-order valence-electron chi connectivity index (χ2n) is 8.96. The Morgan fingerprint density at radius 1 is 1.05 bits per heavy atom. The van der Waals surface area contributed by atoms with Gasteiger partial charge in [-0.25, -0.2) is 3.15 Å². The van der Waals surface area contributed by atoms with Gasteiger partial charge in [0.25, 0.3) is 5.91 Å². The van der Waals surface area contributed by atoms with Crippen LogP contribution in [-0.4, -0.2) is 22.1 Å². The molecule has 0 atom stereocenters. The monoisotopic (exact) mass is 630 g/mol. The molecule has 1 fully saturated rings. The number of carbonyl (C=O) groups excluding carboxylic acids is 1. The van der Waals surface area contributed by atoms with Crippen LogP contribution in [-0.2, 0) is 6.18 Å². The van der Waals surface area contributed by atoms with Crippen molar-refractivity contribution in [2.75, 3.05) is 13.7 Å². The maximum atomic E-state index is 13.6. The molecule has 194 valence electrons. The second-order valence-corrected chi connectivity index (χ2v) is 10.9. The maximum absolute atomic E-state index is 13.6. The molecule has 2 heterocycles. The SMILES string of the molecule is CC1=CN(c2cc(NC(=O)c3ccc(C)c(C#Cc4ccc(NC5CC5)nn4)c3)cc(C(F)(F)F)c2)I=N1. The van der Waals surface area contributed by atoms with Crippen molar-refractivity contribution in [2.45, 2.75) is 38.9 Å². The molecule has 2 aliphatic rings. The Hall–Kier alpha value is -3.79. The summed E-state index contributed by atoms with van der Waals surface area (Å²) in [5, 5.41) is 14.1. The molecule has 0 unspecified atom stereocenters. The van der Waals surface area contributed by atoms with Crippen molar-refractivity contribution in [3.05, 3.63) is 88.4 Å². The minimum absolute atomic E-state index is 0.0465. The van der Waals surface area contributed by atoms with Crippen molar-refractivity contribution in [2.24, 2.45) is 3.15 Å². The van der Waals surface area contributed by atoms with Gasteiger partial charge >= 0.3 is 6.18 Å². The van der Waals surface area contributed by atoms with Crippen LogP contribution >= 0.6 is 21.3 Å². The number of aromatic nitrogens is 2. The number of halogens is 4. The van der Waals surface area contributed by atoms with Gasteiger partial charge in [-0.1, -0.05) is 12.0 Å². The van der Waals surface area contributed by atoms with Crippen molar-refractivity contribution in [1.82, 2.24) is 10.2 Å². The number of amides is 1. The summed E-state index contributed by atoms with van der Waals surface area (Å²) in [6.45, 7) is 3.65. The van der Waals surface area contributed by atoms with Crippen LogP contribution in [0.3, 0.4) is 0 Å². The number of allylic oxidation sites excluding steroid dienone is 1. The predicted molar refractivity (Wildman–Crippen MR) is 148 cm³/mol. The van der Waals surface area contributed by atoms with Crippen LogP contribution in [0, 0.1) is 18.8 Å². The third-order valence-corrected chi connectivity index (χ3v) is 8.00. The third kappa shape index (κ3) is 6.36. The van der Waals surface area contributed by atoms with Crippen LogP contribution in [0.25, 0.3) is 0 Å². The van der Waals surface area contributed by atoms with Crippen molar-refractivity contribution in [1.29, 1.82) is 0 Å². The molecular formula is C27H22F3IN6O. The van der Waals surface area contributed by atoms with E-state index >= 15 is 0 Å². The molecule has 1 aromatic heterocycles. The predicted octanol–water partition coefficient (Wildman–Crippen LogP) is 6.78. The first kappa shape index (κ1) is 25.8. The standard InChI is InChI=1S/C27H22F3IN6O/c1-16-3-4-19(11-18(16)5-6-22-9-10-25(36-35-22)32-21-7-8-21)26(38)33-23-12-20(27(28,29)30)13-24(14-23)37-15-17(2)34-31-37/h3-4,9-15,21H,7-8H2,1-2H3,(H,32,36)(H,33,38). The van der Waals surface area contributed by atoms with Crippen LogP contribution in [0.1, 0.15) is 52.5 Å². The molecular weight excluding hydrogens is 608 g/mol. The Labute approximate surface area is 228 Å². The largest absolute Gasteiger partial charge is 0.416 e. The van der Waals surface area contributed by atoms with Gasteiger partial charge in [0.15, 0.2) is 0 Å². The van der Waals surface area contributed by atoms with E-state index in [1.165, 1.54) is 6.07 Å². The lowest BCUT2D eigenvalue weighted by Crippen LogP contribution is -2.14. The first-order valence-corrected chi connectivity index (χ1v) is 13.7. The van der Waals surface area contributed by atoms with E-state index in [0.717, 1.165) is 36.2 Å². The molecule has 0 spiro atoms. The summed E-state index contributed by atoms with van der Waals surface area (Å²) in [5.41, 5.74) is 2.50.